The van der Waals surface area contributed by atoms with E-state index < -0.39 is 0 Å². The number of aromatic nitrogens is 4. The molecule has 0 saturated heterocycles. The van der Waals surface area contributed by atoms with E-state index in [0.717, 1.165) is 5.56 Å². The van der Waals surface area contributed by atoms with Gasteiger partial charge in [-0.25, -0.2) is 0 Å². The van der Waals surface area contributed by atoms with Crippen LogP contribution < -0.4 is 5.32 Å². The fourth-order valence-electron chi connectivity index (χ4n) is 2.36. The standard InChI is InChI=1S/C16H15Cl2N5O/c1-10-14(18)15(22(2)21-10)16(24)20-13-7-19-23(9-13)8-11-3-5-12(17)6-4-11/h3-7,9H,8H2,1-2H3,(H,20,24). The molecular weight excluding hydrogens is 349 g/mol. The van der Waals surface area contributed by atoms with Crippen molar-refractivity contribution >= 4 is 34.8 Å². The number of nitrogens with zero attached hydrogens (tertiary/aromatic N) is 4. The van der Waals surface area contributed by atoms with Crippen molar-refractivity contribution in [2.75, 3.05) is 5.32 Å². The Kier molecular flexibility index (Phi) is 4.59. The summed E-state index contributed by atoms with van der Waals surface area (Å²) in [5, 5.41) is 12.2. The van der Waals surface area contributed by atoms with Crippen LogP contribution in [0.25, 0.3) is 0 Å². The Morgan fingerprint density at radius 1 is 1.25 bits per heavy atom. The van der Waals surface area contributed by atoms with Gasteiger partial charge in [0.15, 0.2) is 0 Å². The summed E-state index contributed by atoms with van der Waals surface area (Å²) in [7, 11) is 1.68. The molecule has 0 atom stereocenters. The van der Waals surface area contributed by atoms with E-state index in [-0.39, 0.29) is 5.91 Å². The summed E-state index contributed by atoms with van der Waals surface area (Å²) in [5.41, 5.74) is 2.58. The smallest absolute Gasteiger partial charge is 0.275 e. The second kappa shape index (κ2) is 6.67. The molecule has 0 aliphatic heterocycles. The number of rotatable bonds is 4. The number of carbonyl (C=O) groups is 1. The Morgan fingerprint density at radius 2 is 1.96 bits per heavy atom. The van der Waals surface area contributed by atoms with E-state index in [1.807, 2.05) is 24.3 Å². The molecule has 0 bridgehead atoms. The molecule has 0 spiro atoms. The largest absolute Gasteiger partial charge is 0.318 e. The minimum absolute atomic E-state index is 0.319. The molecule has 0 unspecified atom stereocenters. The van der Waals surface area contributed by atoms with Crippen molar-refractivity contribution in [1.29, 1.82) is 0 Å². The monoisotopic (exact) mass is 363 g/mol. The van der Waals surface area contributed by atoms with Crippen molar-refractivity contribution in [2.24, 2.45) is 7.05 Å². The number of amides is 1. The van der Waals surface area contributed by atoms with Gasteiger partial charge in [-0.05, 0) is 24.6 Å². The maximum absolute atomic E-state index is 12.4. The average Bonchev–Trinajstić information content (AvgIpc) is 3.06. The first-order chi connectivity index (χ1) is 11.4. The zero-order valence-electron chi connectivity index (χ0n) is 13.1. The minimum atomic E-state index is -0.325. The van der Waals surface area contributed by atoms with Crippen molar-refractivity contribution in [3.05, 3.63) is 63.7 Å². The lowest BCUT2D eigenvalue weighted by Crippen LogP contribution is -2.16. The zero-order valence-corrected chi connectivity index (χ0v) is 14.6. The van der Waals surface area contributed by atoms with Crippen molar-refractivity contribution in [3.63, 3.8) is 0 Å². The summed E-state index contributed by atoms with van der Waals surface area (Å²) < 4.78 is 3.19. The lowest BCUT2D eigenvalue weighted by Gasteiger charge is -2.04. The minimum Gasteiger partial charge on any atom is -0.318 e. The van der Waals surface area contributed by atoms with Crippen LogP contribution >= 0.6 is 23.2 Å². The van der Waals surface area contributed by atoms with Crippen LogP contribution in [-0.4, -0.2) is 25.5 Å². The molecule has 24 heavy (non-hydrogen) atoms. The van der Waals surface area contributed by atoms with Gasteiger partial charge < -0.3 is 5.32 Å². The number of halogens is 2. The number of benzene rings is 1. The first kappa shape index (κ1) is 16.5. The van der Waals surface area contributed by atoms with Gasteiger partial charge >= 0.3 is 0 Å². The van der Waals surface area contributed by atoms with Gasteiger partial charge in [-0.2, -0.15) is 10.2 Å². The average molecular weight is 364 g/mol. The molecule has 0 saturated carbocycles. The van der Waals surface area contributed by atoms with E-state index in [9.17, 15) is 4.79 Å². The molecule has 1 N–H and O–H groups in total. The van der Waals surface area contributed by atoms with E-state index in [1.165, 1.54) is 4.68 Å². The van der Waals surface area contributed by atoms with Crippen molar-refractivity contribution in [2.45, 2.75) is 13.5 Å². The van der Waals surface area contributed by atoms with Crippen molar-refractivity contribution in [1.82, 2.24) is 19.6 Å². The van der Waals surface area contributed by atoms with Gasteiger partial charge in [0.1, 0.15) is 5.69 Å². The van der Waals surface area contributed by atoms with Crippen LogP contribution in [0.5, 0.6) is 0 Å². The van der Waals surface area contributed by atoms with Crippen LogP contribution in [-0.2, 0) is 13.6 Å². The highest BCUT2D eigenvalue weighted by Gasteiger charge is 2.19. The molecule has 3 aromatic rings. The van der Waals surface area contributed by atoms with E-state index in [1.54, 1.807) is 31.0 Å². The van der Waals surface area contributed by atoms with Crippen LogP contribution in [0.4, 0.5) is 5.69 Å². The third kappa shape index (κ3) is 3.44. The highest BCUT2D eigenvalue weighted by molar-refractivity contribution is 6.34. The Bertz CT molecular complexity index is 883. The Labute approximate surface area is 149 Å². The molecule has 1 aromatic carbocycles. The quantitative estimate of drug-likeness (QED) is 0.770. The maximum atomic E-state index is 12.4. The fourth-order valence-corrected chi connectivity index (χ4v) is 2.73. The first-order valence-corrected chi connectivity index (χ1v) is 7.97. The number of hydrogen-bond acceptors (Lipinski definition) is 3. The second-order valence-electron chi connectivity index (χ2n) is 5.38. The molecule has 8 heteroatoms. The zero-order chi connectivity index (χ0) is 17.3. The lowest BCUT2D eigenvalue weighted by molar-refractivity contribution is 0.101. The predicted molar refractivity (Wildman–Crippen MR) is 93.7 cm³/mol. The summed E-state index contributed by atoms with van der Waals surface area (Å²) in [4.78, 5) is 12.4. The lowest BCUT2D eigenvalue weighted by atomic mass is 10.2. The van der Waals surface area contributed by atoms with Gasteiger partial charge in [-0.15, -0.1) is 0 Å². The van der Waals surface area contributed by atoms with Gasteiger partial charge in [0.25, 0.3) is 5.91 Å². The number of aryl methyl sites for hydroxylation is 2. The van der Waals surface area contributed by atoms with E-state index in [0.29, 0.717) is 33.7 Å². The predicted octanol–water partition coefficient (Wildman–Crippen LogP) is 3.53. The fraction of sp³-hybridized carbons (Fsp3) is 0.188. The van der Waals surface area contributed by atoms with Crippen LogP contribution in [0.2, 0.25) is 10.0 Å². The number of hydrogen-bond donors (Lipinski definition) is 1. The van der Waals surface area contributed by atoms with Crippen LogP contribution in [0.15, 0.2) is 36.7 Å². The summed E-state index contributed by atoms with van der Waals surface area (Å²) in [6, 6.07) is 7.52. The Morgan fingerprint density at radius 3 is 2.58 bits per heavy atom. The molecule has 0 aliphatic carbocycles. The summed E-state index contributed by atoms with van der Waals surface area (Å²) in [6.07, 6.45) is 3.34. The van der Waals surface area contributed by atoms with Crippen molar-refractivity contribution < 1.29 is 4.79 Å². The summed E-state index contributed by atoms with van der Waals surface area (Å²) >= 11 is 12.0. The second-order valence-corrected chi connectivity index (χ2v) is 6.19. The molecule has 2 heterocycles. The highest BCUT2D eigenvalue weighted by Crippen LogP contribution is 2.20. The van der Waals surface area contributed by atoms with E-state index >= 15 is 0 Å². The highest BCUT2D eigenvalue weighted by atomic mass is 35.5. The summed E-state index contributed by atoms with van der Waals surface area (Å²) in [6.45, 7) is 2.34. The Balaban J connectivity index is 1.71. The van der Waals surface area contributed by atoms with Crippen molar-refractivity contribution in [3.8, 4) is 0 Å². The SMILES string of the molecule is Cc1nn(C)c(C(=O)Nc2cnn(Cc3ccc(Cl)cc3)c2)c1Cl. The molecule has 124 valence electrons. The topological polar surface area (TPSA) is 64.7 Å². The maximum Gasteiger partial charge on any atom is 0.275 e. The molecule has 0 aliphatic rings. The van der Waals surface area contributed by atoms with Gasteiger partial charge in [0, 0.05) is 18.3 Å². The van der Waals surface area contributed by atoms with Crippen LogP contribution in [0.1, 0.15) is 21.7 Å². The number of anilines is 1. The summed E-state index contributed by atoms with van der Waals surface area (Å²) in [5.74, 6) is -0.325. The van der Waals surface area contributed by atoms with Gasteiger partial charge in [0.2, 0.25) is 0 Å². The number of nitrogens with one attached hydrogen (secondary N) is 1. The van der Waals surface area contributed by atoms with Crippen LogP contribution in [0, 0.1) is 6.92 Å². The molecule has 0 radical (unpaired) electrons. The van der Waals surface area contributed by atoms with E-state index in [2.05, 4.69) is 15.5 Å². The van der Waals surface area contributed by atoms with Crippen LogP contribution in [0.3, 0.4) is 0 Å². The van der Waals surface area contributed by atoms with Gasteiger partial charge in [0.05, 0.1) is 29.1 Å². The molecule has 3 rings (SSSR count). The molecule has 0 fully saturated rings. The normalized spacial score (nSPS) is 10.8. The molecular formula is C16H15Cl2N5O. The van der Waals surface area contributed by atoms with E-state index in [4.69, 9.17) is 23.2 Å². The molecule has 1 amide bonds. The third-order valence-corrected chi connectivity index (χ3v) is 4.22. The van der Waals surface area contributed by atoms with Gasteiger partial charge in [-0.1, -0.05) is 35.3 Å². The third-order valence-electron chi connectivity index (χ3n) is 3.51. The number of carbonyl (C=O) groups excluding carboxylic acids is 1. The Hall–Kier alpha value is -2.31. The van der Waals surface area contributed by atoms with Gasteiger partial charge in [-0.3, -0.25) is 14.2 Å². The molecule has 2 aromatic heterocycles. The first-order valence-electron chi connectivity index (χ1n) is 7.21. The molecule has 6 nitrogen and oxygen atoms in total.